The number of rotatable bonds is 5. The maximum Gasteiger partial charge on any atom is 0.142 e. The summed E-state index contributed by atoms with van der Waals surface area (Å²) >= 11 is 1.72. The molecule has 0 saturated carbocycles. The van der Waals surface area contributed by atoms with Gasteiger partial charge in [-0.15, -0.1) is 11.3 Å². The molecule has 0 amide bonds. The third kappa shape index (κ3) is 3.07. The molecule has 7 heteroatoms. The van der Waals surface area contributed by atoms with E-state index in [2.05, 4.69) is 33.4 Å². The van der Waals surface area contributed by atoms with Crippen molar-refractivity contribution in [2.75, 3.05) is 11.9 Å². The Bertz CT molecular complexity index is 806. The van der Waals surface area contributed by atoms with E-state index in [1.165, 1.54) is 4.88 Å². The van der Waals surface area contributed by atoms with E-state index in [1.54, 1.807) is 17.7 Å². The number of nitrogens with one attached hydrogen (secondary N) is 1. The van der Waals surface area contributed by atoms with Crippen LogP contribution < -0.4 is 5.32 Å². The Kier molecular flexibility index (Phi) is 3.97. The van der Waals surface area contributed by atoms with Gasteiger partial charge in [0.2, 0.25) is 0 Å². The number of aromatic nitrogens is 4. The minimum absolute atomic E-state index is 0.289. The van der Waals surface area contributed by atoms with Crippen LogP contribution in [0.3, 0.4) is 0 Å². The highest BCUT2D eigenvalue weighted by Crippen LogP contribution is 2.30. The van der Waals surface area contributed by atoms with E-state index in [-0.39, 0.29) is 6.10 Å². The molecule has 0 unspecified atom stereocenters. The maximum atomic E-state index is 5.66. The van der Waals surface area contributed by atoms with Gasteiger partial charge in [0, 0.05) is 17.7 Å². The number of hydrogen-bond donors (Lipinski definition) is 1. The summed E-state index contributed by atoms with van der Waals surface area (Å²) in [4.78, 5) is 11.1. The van der Waals surface area contributed by atoms with Crippen LogP contribution in [-0.2, 0) is 17.7 Å². The van der Waals surface area contributed by atoms with Gasteiger partial charge in [-0.3, -0.25) is 4.68 Å². The Balaban J connectivity index is 1.53. The highest BCUT2D eigenvalue weighted by Gasteiger charge is 2.16. The Morgan fingerprint density at radius 3 is 3.22 bits per heavy atom. The van der Waals surface area contributed by atoms with E-state index in [0.29, 0.717) is 0 Å². The van der Waals surface area contributed by atoms with E-state index in [4.69, 9.17) is 4.74 Å². The first kappa shape index (κ1) is 14.6. The fourth-order valence-corrected chi connectivity index (χ4v) is 3.78. The van der Waals surface area contributed by atoms with Crippen LogP contribution in [-0.4, -0.2) is 32.5 Å². The van der Waals surface area contributed by atoms with Gasteiger partial charge in [0.25, 0.3) is 0 Å². The normalized spacial score (nSPS) is 17.9. The molecule has 0 bridgehead atoms. The molecule has 3 aromatic heterocycles. The SMILES string of the molecule is CCc1cc2c(Nc3cnn(C[C@@H]4CCCO4)c3)ncnc2s1. The molecule has 0 aliphatic carbocycles. The lowest BCUT2D eigenvalue weighted by molar-refractivity contribution is 0.0940. The topological polar surface area (TPSA) is 64.9 Å². The molecule has 23 heavy (non-hydrogen) atoms. The fourth-order valence-electron chi connectivity index (χ4n) is 2.84. The van der Waals surface area contributed by atoms with Crippen molar-refractivity contribution in [3.63, 3.8) is 0 Å². The summed E-state index contributed by atoms with van der Waals surface area (Å²) in [6.45, 7) is 3.83. The number of nitrogens with zero attached hydrogens (tertiary/aromatic N) is 4. The monoisotopic (exact) mass is 329 g/mol. The first-order valence-electron chi connectivity index (χ1n) is 7.96. The maximum absolute atomic E-state index is 5.66. The summed E-state index contributed by atoms with van der Waals surface area (Å²) in [5, 5.41) is 8.84. The quantitative estimate of drug-likeness (QED) is 0.777. The standard InChI is InChI=1S/C16H19N5OS/c1-2-13-6-14-15(17-10-18-16(14)23-13)20-11-7-19-21(8-11)9-12-4-3-5-22-12/h6-8,10,12H,2-5,9H2,1H3,(H,17,18,20)/t12-/m0/s1. The number of fused-ring (bicyclic) bond motifs is 1. The van der Waals surface area contributed by atoms with Crippen molar-refractivity contribution in [2.24, 2.45) is 0 Å². The first-order chi connectivity index (χ1) is 11.3. The lowest BCUT2D eigenvalue weighted by Crippen LogP contribution is -2.15. The molecule has 1 aliphatic heterocycles. The van der Waals surface area contributed by atoms with Crippen LogP contribution in [0, 0.1) is 0 Å². The molecule has 1 N–H and O–H groups in total. The van der Waals surface area contributed by atoms with Crippen molar-refractivity contribution >= 4 is 33.1 Å². The van der Waals surface area contributed by atoms with E-state index < -0.39 is 0 Å². The zero-order chi connectivity index (χ0) is 15.6. The summed E-state index contributed by atoms with van der Waals surface area (Å²) < 4.78 is 7.59. The summed E-state index contributed by atoms with van der Waals surface area (Å²) in [6.07, 6.45) is 9.01. The molecule has 4 heterocycles. The van der Waals surface area contributed by atoms with E-state index in [0.717, 1.165) is 54.1 Å². The van der Waals surface area contributed by atoms with Crippen LogP contribution in [0.25, 0.3) is 10.2 Å². The predicted octanol–water partition coefficient (Wildman–Crippen LogP) is 3.37. The minimum atomic E-state index is 0.289. The smallest absolute Gasteiger partial charge is 0.142 e. The van der Waals surface area contributed by atoms with E-state index in [9.17, 15) is 0 Å². The van der Waals surface area contributed by atoms with Crippen molar-refractivity contribution in [1.82, 2.24) is 19.7 Å². The van der Waals surface area contributed by atoms with Crippen LogP contribution in [0.4, 0.5) is 11.5 Å². The Morgan fingerprint density at radius 1 is 1.43 bits per heavy atom. The van der Waals surface area contributed by atoms with Crippen molar-refractivity contribution in [3.8, 4) is 0 Å². The third-order valence-electron chi connectivity index (χ3n) is 4.04. The van der Waals surface area contributed by atoms with Gasteiger partial charge in [-0.1, -0.05) is 6.92 Å². The summed E-state index contributed by atoms with van der Waals surface area (Å²) in [5.41, 5.74) is 0.937. The lowest BCUT2D eigenvalue weighted by atomic mass is 10.2. The van der Waals surface area contributed by atoms with E-state index >= 15 is 0 Å². The molecule has 1 fully saturated rings. The molecule has 4 rings (SSSR count). The molecular weight excluding hydrogens is 310 g/mol. The summed E-state index contributed by atoms with van der Waals surface area (Å²) in [6, 6.07) is 2.17. The molecule has 3 aromatic rings. The average Bonchev–Trinajstić information content (AvgIpc) is 3.28. The number of anilines is 2. The van der Waals surface area contributed by atoms with Crippen molar-refractivity contribution < 1.29 is 4.74 Å². The Hall–Kier alpha value is -1.99. The molecular formula is C16H19N5OS. The van der Waals surface area contributed by atoms with Gasteiger partial charge >= 0.3 is 0 Å². The predicted molar refractivity (Wildman–Crippen MR) is 91.3 cm³/mol. The Morgan fingerprint density at radius 2 is 2.39 bits per heavy atom. The lowest BCUT2D eigenvalue weighted by Gasteiger charge is -2.08. The molecule has 1 aliphatic rings. The molecule has 120 valence electrons. The largest absolute Gasteiger partial charge is 0.376 e. The second-order valence-corrected chi connectivity index (χ2v) is 6.83. The average molecular weight is 329 g/mol. The number of ether oxygens (including phenoxy) is 1. The number of aryl methyl sites for hydroxylation is 1. The van der Waals surface area contributed by atoms with Crippen LogP contribution in [0.1, 0.15) is 24.6 Å². The number of hydrogen-bond acceptors (Lipinski definition) is 6. The highest BCUT2D eigenvalue weighted by atomic mass is 32.1. The molecule has 0 radical (unpaired) electrons. The second kappa shape index (κ2) is 6.25. The van der Waals surface area contributed by atoms with Gasteiger partial charge in [-0.2, -0.15) is 5.10 Å². The summed E-state index contributed by atoms with van der Waals surface area (Å²) in [7, 11) is 0. The van der Waals surface area contributed by atoms with Gasteiger partial charge in [0.15, 0.2) is 0 Å². The molecule has 1 saturated heterocycles. The van der Waals surface area contributed by atoms with Crippen LogP contribution in [0.15, 0.2) is 24.8 Å². The first-order valence-corrected chi connectivity index (χ1v) is 8.78. The molecule has 6 nitrogen and oxygen atoms in total. The fraction of sp³-hybridized carbons (Fsp3) is 0.438. The summed E-state index contributed by atoms with van der Waals surface area (Å²) in [5.74, 6) is 0.836. The Labute approximate surface area is 138 Å². The minimum Gasteiger partial charge on any atom is -0.376 e. The van der Waals surface area contributed by atoms with Crippen molar-refractivity contribution in [1.29, 1.82) is 0 Å². The van der Waals surface area contributed by atoms with Crippen LogP contribution in [0.5, 0.6) is 0 Å². The molecule has 0 spiro atoms. The zero-order valence-electron chi connectivity index (χ0n) is 13.0. The second-order valence-electron chi connectivity index (χ2n) is 5.72. The number of thiophene rings is 1. The van der Waals surface area contributed by atoms with Gasteiger partial charge in [0.05, 0.1) is 29.9 Å². The molecule has 0 aromatic carbocycles. The molecule has 1 atom stereocenters. The van der Waals surface area contributed by atoms with E-state index in [1.807, 2.05) is 17.1 Å². The van der Waals surface area contributed by atoms with Crippen LogP contribution in [0.2, 0.25) is 0 Å². The van der Waals surface area contributed by atoms with Gasteiger partial charge in [-0.05, 0) is 25.3 Å². The highest BCUT2D eigenvalue weighted by molar-refractivity contribution is 7.18. The zero-order valence-corrected chi connectivity index (χ0v) is 13.8. The van der Waals surface area contributed by atoms with Gasteiger partial charge in [-0.25, -0.2) is 9.97 Å². The van der Waals surface area contributed by atoms with Gasteiger partial charge in [0.1, 0.15) is 17.0 Å². The van der Waals surface area contributed by atoms with Crippen molar-refractivity contribution in [2.45, 2.75) is 38.8 Å². The van der Waals surface area contributed by atoms with Gasteiger partial charge < -0.3 is 10.1 Å². The third-order valence-corrected chi connectivity index (χ3v) is 5.23. The van der Waals surface area contributed by atoms with Crippen LogP contribution >= 0.6 is 11.3 Å². The van der Waals surface area contributed by atoms with Crippen molar-refractivity contribution in [3.05, 3.63) is 29.7 Å².